The fourth-order valence-corrected chi connectivity index (χ4v) is 6.98. The molecule has 0 aliphatic carbocycles. The predicted octanol–water partition coefficient (Wildman–Crippen LogP) is 4.12. The van der Waals surface area contributed by atoms with Crippen LogP contribution in [-0.2, 0) is 31.2 Å². The summed E-state index contributed by atoms with van der Waals surface area (Å²) < 4.78 is 32.4. The maximum atomic E-state index is 15.7. The van der Waals surface area contributed by atoms with Crippen LogP contribution in [0.1, 0.15) is 38.3 Å². The third kappa shape index (κ3) is 4.33. The molecule has 41 heavy (non-hydrogen) atoms. The first-order chi connectivity index (χ1) is 19.6. The van der Waals surface area contributed by atoms with Crippen LogP contribution in [0, 0.1) is 11.8 Å². The van der Waals surface area contributed by atoms with E-state index in [-0.39, 0.29) is 32.1 Å². The van der Waals surface area contributed by atoms with Crippen LogP contribution < -0.4 is 14.7 Å². The van der Waals surface area contributed by atoms with Crippen molar-refractivity contribution in [3.63, 3.8) is 0 Å². The minimum atomic E-state index is -1.68. The zero-order valence-electron chi connectivity index (χ0n) is 23.3. The fourth-order valence-electron chi connectivity index (χ4n) is 6.98. The quantitative estimate of drug-likeness (QED) is 0.536. The number of aliphatic hydroxyl groups excluding tert-OH is 1. The highest BCUT2D eigenvalue weighted by Crippen LogP contribution is 2.59. The van der Waals surface area contributed by atoms with Gasteiger partial charge in [-0.3, -0.25) is 14.6 Å². The topological polar surface area (TPSA) is 109 Å². The lowest BCUT2D eigenvalue weighted by Crippen LogP contribution is -2.45. The molecule has 6 rings (SSSR count). The molecule has 218 valence electrons. The normalized spacial score (nSPS) is 27.7. The Morgan fingerprint density at radius 1 is 0.976 bits per heavy atom. The molecule has 0 bridgehead atoms. The number of amides is 3. The molecular weight excluding hydrogens is 533 g/mol. The molecule has 0 aromatic heterocycles. The molecule has 4 aliphatic rings. The first-order valence-corrected chi connectivity index (χ1v) is 14.0. The third-order valence-electron chi connectivity index (χ3n) is 8.78. The lowest BCUT2D eigenvalue weighted by molar-refractivity contribution is -0.146. The Hall–Kier alpha value is -3.70. The van der Waals surface area contributed by atoms with Crippen molar-refractivity contribution in [3.8, 4) is 0 Å². The van der Waals surface area contributed by atoms with Gasteiger partial charge in [-0.1, -0.05) is 19.1 Å². The summed E-state index contributed by atoms with van der Waals surface area (Å²) in [4.78, 5) is 43.5. The standard InChI is InChI=1S/C30H34FN3O7/c1-18-25(29(2,3)31)24(10-13-35)41-30(18)22-16-21(33-12-15-40-28(33)38)8-9-23(22)34(26(30)36)17-19-4-6-20(7-5-19)32-11-14-39-27(32)37/h4-9,16,18,24-25,35H,10-15,17H2,1-3H3/t18-,24+,25-,30+/m0/s1. The number of nitrogens with zero attached hydrogens (tertiary/aromatic N) is 3. The van der Waals surface area contributed by atoms with E-state index in [4.69, 9.17) is 14.2 Å². The number of fused-ring (bicyclic) bond motifs is 2. The molecule has 4 aliphatic heterocycles. The molecule has 1 N–H and O–H groups in total. The Kier molecular flexibility index (Phi) is 6.69. The first-order valence-electron chi connectivity index (χ1n) is 14.0. The van der Waals surface area contributed by atoms with Gasteiger partial charge in [0.15, 0.2) is 5.60 Å². The van der Waals surface area contributed by atoms with Crippen LogP contribution in [0.25, 0.3) is 0 Å². The Bertz CT molecular complexity index is 1380. The van der Waals surface area contributed by atoms with Gasteiger partial charge in [-0.15, -0.1) is 0 Å². The molecule has 3 saturated heterocycles. The molecule has 3 fully saturated rings. The van der Waals surface area contributed by atoms with Crippen molar-refractivity contribution >= 4 is 35.2 Å². The highest BCUT2D eigenvalue weighted by Gasteiger charge is 2.66. The van der Waals surface area contributed by atoms with Crippen molar-refractivity contribution < 1.29 is 38.1 Å². The summed E-state index contributed by atoms with van der Waals surface area (Å²) >= 11 is 0. The summed E-state index contributed by atoms with van der Waals surface area (Å²) in [5, 5.41) is 9.78. The van der Waals surface area contributed by atoms with Gasteiger partial charge in [0.2, 0.25) is 0 Å². The second-order valence-electron chi connectivity index (χ2n) is 11.6. The molecule has 2 aromatic carbocycles. The first kappa shape index (κ1) is 27.5. The number of alkyl halides is 1. The average Bonchev–Trinajstić information content (AvgIpc) is 3.68. The molecule has 10 nitrogen and oxygen atoms in total. The molecule has 4 heterocycles. The van der Waals surface area contributed by atoms with E-state index in [0.29, 0.717) is 42.3 Å². The summed E-state index contributed by atoms with van der Waals surface area (Å²) in [6, 6.07) is 12.7. The third-order valence-corrected chi connectivity index (χ3v) is 8.78. The fraction of sp³-hybridized carbons (Fsp3) is 0.500. The largest absolute Gasteiger partial charge is 0.447 e. The van der Waals surface area contributed by atoms with Crippen LogP contribution in [0.15, 0.2) is 42.5 Å². The number of carbonyl (C=O) groups is 3. The molecule has 2 aromatic rings. The van der Waals surface area contributed by atoms with E-state index in [2.05, 4.69) is 0 Å². The number of hydrogen-bond donors (Lipinski definition) is 1. The summed E-state index contributed by atoms with van der Waals surface area (Å²) in [5.74, 6) is -1.55. The molecule has 11 heteroatoms. The van der Waals surface area contributed by atoms with Gasteiger partial charge in [0.25, 0.3) is 5.91 Å². The average molecular weight is 568 g/mol. The van der Waals surface area contributed by atoms with E-state index in [1.807, 2.05) is 31.2 Å². The van der Waals surface area contributed by atoms with Crippen LogP contribution in [0.5, 0.6) is 0 Å². The number of aliphatic hydroxyl groups is 1. The highest BCUT2D eigenvalue weighted by atomic mass is 19.1. The molecule has 3 amide bonds. The van der Waals surface area contributed by atoms with E-state index >= 15 is 4.39 Å². The van der Waals surface area contributed by atoms with Gasteiger partial charge in [-0.25, -0.2) is 14.0 Å². The van der Waals surface area contributed by atoms with Gasteiger partial charge in [0.05, 0.1) is 31.4 Å². The summed E-state index contributed by atoms with van der Waals surface area (Å²) in [7, 11) is 0. The molecule has 0 unspecified atom stereocenters. The molecule has 4 atom stereocenters. The Morgan fingerprint density at radius 2 is 1.59 bits per heavy atom. The van der Waals surface area contributed by atoms with Crippen molar-refractivity contribution in [3.05, 3.63) is 53.6 Å². The summed E-state index contributed by atoms with van der Waals surface area (Å²) in [6.07, 6.45) is -1.36. The van der Waals surface area contributed by atoms with E-state index < -0.39 is 41.4 Å². The van der Waals surface area contributed by atoms with E-state index in [1.165, 1.54) is 18.7 Å². The zero-order valence-corrected chi connectivity index (χ0v) is 23.3. The smallest absolute Gasteiger partial charge is 0.414 e. The van der Waals surface area contributed by atoms with Gasteiger partial charge >= 0.3 is 12.2 Å². The molecule has 0 radical (unpaired) electrons. The Labute approximate surface area is 237 Å². The number of hydrogen-bond acceptors (Lipinski definition) is 7. The number of cyclic esters (lactones) is 2. The number of anilines is 3. The highest BCUT2D eigenvalue weighted by molar-refractivity contribution is 6.08. The molecule has 1 spiro atoms. The second kappa shape index (κ2) is 9.99. The van der Waals surface area contributed by atoms with Crippen LogP contribution >= 0.6 is 0 Å². The van der Waals surface area contributed by atoms with Crippen LogP contribution in [0.3, 0.4) is 0 Å². The van der Waals surface area contributed by atoms with E-state index in [9.17, 15) is 19.5 Å². The van der Waals surface area contributed by atoms with Crippen LogP contribution in [0.2, 0.25) is 0 Å². The van der Waals surface area contributed by atoms with Gasteiger partial charge in [0, 0.05) is 35.4 Å². The number of rotatable bonds is 7. The lowest BCUT2D eigenvalue weighted by Gasteiger charge is -2.32. The summed E-state index contributed by atoms with van der Waals surface area (Å²) in [5.41, 5.74) is 0.102. The van der Waals surface area contributed by atoms with E-state index in [1.54, 1.807) is 28.0 Å². The SMILES string of the molecule is C[C@H]1[C@H](C(C)(C)F)[C@@H](CCO)O[C@]12C(=O)N(Cc1ccc(N3CCOC3=O)cc1)c1ccc(N3CCOC3=O)cc12. The number of benzene rings is 2. The van der Waals surface area contributed by atoms with E-state index in [0.717, 1.165) is 5.56 Å². The Balaban J connectivity index is 1.40. The second-order valence-corrected chi connectivity index (χ2v) is 11.6. The zero-order chi connectivity index (χ0) is 29.1. The Morgan fingerprint density at radius 3 is 2.15 bits per heavy atom. The minimum absolute atomic E-state index is 0.186. The monoisotopic (exact) mass is 567 g/mol. The van der Waals surface area contributed by atoms with Gasteiger partial charge in [0.1, 0.15) is 18.9 Å². The van der Waals surface area contributed by atoms with Crippen LogP contribution in [0.4, 0.5) is 31.0 Å². The number of halogens is 1. The van der Waals surface area contributed by atoms with Crippen molar-refractivity contribution in [2.24, 2.45) is 11.8 Å². The van der Waals surface area contributed by atoms with Crippen molar-refractivity contribution in [1.29, 1.82) is 0 Å². The molecular formula is C30H34FN3O7. The maximum Gasteiger partial charge on any atom is 0.414 e. The predicted molar refractivity (Wildman–Crippen MR) is 148 cm³/mol. The van der Waals surface area contributed by atoms with Crippen LogP contribution in [-0.4, -0.2) is 67.9 Å². The summed E-state index contributed by atoms with van der Waals surface area (Å²) in [6.45, 7) is 6.25. The van der Waals surface area contributed by atoms with Crippen molar-refractivity contribution in [2.45, 2.75) is 51.1 Å². The van der Waals surface area contributed by atoms with Gasteiger partial charge in [-0.05, 0) is 56.2 Å². The number of ether oxygens (including phenoxy) is 3. The minimum Gasteiger partial charge on any atom is -0.447 e. The maximum absolute atomic E-state index is 15.7. The van der Waals surface area contributed by atoms with Gasteiger partial charge in [-0.2, -0.15) is 0 Å². The van der Waals surface area contributed by atoms with Gasteiger partial charge < -0.3 is 24.2 Å². The van der Waals surface area contributed by atoms with Crippen molar-refractivity contribution in [2.75, 3.05) is 47.6 Å². The van der Waals surface area contributed by atoms with Crippen molar-refractivity contribution in [1.82, 2.24) is 0 Å². The lowest BCUT2D eigenvalue weighted by atomic mass is 9.71. The molecule has 0 saturated carbocycles. The number of carbonyl (C=O) groups excluding carboxylic acids is 3.